The molecule has 7 nitrogen and oxygen atoms in total. The molecule has 2 aromatic heterocycles. The topological polar surface area (TPSA) is 101 Å². The SMILES string of the molecule is CC1CN(C(=O)c2ccc3[nH]nnc3n2)CC1CN. The number of carbonyl (C=O) groups excluding carboxylic acids is 1. The van der Waals surface area contributed by atoms with Gasteiger partial charge in [0.1, 0.15) is 11.2 Å². The zero-order valence-electron chi connectivity index (χ0n) is 10.7. The van der Waals surface area contributed by atoms with Gasteiger partial charge in [-0.05, 0) is 30.5 Å². The Kier molecular flexibility index (Phi) is 2.90. The van der Waals surface area contributed by atoms with Gasteiger partial charge in [-0.3, -0.25) is 9.89 Å². The maximum Gasteiger partial charge on any atom is 0.272 e. The number of rotatable bonds is 2. The Hall–Kier alpha value is -2.02. The smallest absolute Gasteiger partial charge is 0.272 e. The predicted octanol–water partition coefficient (Wildman–Crippen LogP) is 0.0197. The molecule has 0 aliphatic carbocycles. The highest BCUT2D eigenvalue weighted by Crippen LogP contribution is 2.23. The van der Waals surface area contributed by atoms with Crippen LogP contribution in [0.2, 0.25) is 0 Å². The highest BCUT2D eigenvalue weighted by molar-refractivity contribution is 5.94. The van der Waals surface area contributed by atoms with Gasteiger partial charge in [-0.25, -0.2) is 4.98 Å². The fraction of sp³-hybridized carbons (Fsp3) is 0.500. The Morgan fingerprint density at radius 2 is 2.37 bits per heavy atom. The highest BCUT2D eigenvalue weighted by Gasteiger charge is 2.32. The Morgan fingerprint density at radius 1 is 1.53 bits per heavy atom. The van der Waals surface area contributed by atoms with E-state index in [1.165, 1.54) is 0 Å². The molecule has 100 valence electrons. The van der Waals surface area contributed by atoms with E-state index in [-0.39, 0.29) is 5.91 Å². The molecule has 1 fully saturated rings. The third-order valence-corrected chi connectivity index (χ3v) is 3.77. The second-order valence-corrected chi connectivity index (χ2v) is 5.06. The van der Waals surface area contributed by atoms with Crippen LogP contribution in [-0.2, 0) is 0 Å². The molecule has 0 radical (unpaired) electrons. The third kappa shape index (κ3) is 2.06. The first kappa shape index (κ1) is 12.0. The van der Waals surface area contributed by atoms with Crippen molar-refractivity contribution in [2.24, 2.45) is 17.6 Å². The quantitative estimate of drug-likeness (QED) is 0.792. The van der Waals surface area contributed by atoms with Gasteiger partial charge < -0.3 is 10.6 Å². The maximum atomic E-state index is 12.4. The lowest BCUT2D eigenvalue weighted by molar-refractivity contribution is 0.0779. The summed E-state index contributed by atoms with van der Waals surface area (Å²) in [7, 11) is 0. The van der Waals surface area contributed by atoms with E-state index < -0.39 is 0 Å². The molecule has 2 unspecified atom stereocenters. The molecule has 0 spiro atoms. The van der Waals surface area contributed by atoms with Crippen molar-refractivity contribution in [3.05, 3.63) is 17.8 Å². The van der Waals surface area contributed by atoms with Gasteiger partial charge in [-0.2, -0.15) is 0 Å². The predicted molar refractivity (Wildman–Crippen MR) is 69.3 cm³/mol. The molecule has 1 aliphatic rings. The van der Waals surface area contributed by atoms with Crippen LogP contribution in [0, 0.1) is 11.8 Å². The zero-order chi connectivity index (χ0) is 13.4. The van der Waals surface area contributed by atoms with E-state index in [0.717, 1.165) is 12.1 Å². The number of aromatic amines is 1. The number of nitrogens with zero attached hydrogens (tertiary/aromatic N) is 4. The van der Waals surface area contributed by atoms with E-state index in [4.69, 9.17) is 5.73 Å². The van der Waals surface area contributed by atoms with Gasteiger partial charge in [0, 0.05) is 13.1 Å². The number of hydrogen-bond donors (Lipinski definition) is 2. The monoisotopic (exact) mass is 260 g/mol. The van der Waals surface area contributed by atoms with Crippen LogP contribution >= 0.6 is 0 Å². The average molecular weight is 260 g/mol. The molecule has 0 bridgehead atoms. The van der Waals surface area contributed by atoms with E-state index in [1.54, 1.807) is 12.1 Å². The number of pyridine rings is 1. The van der Waals surface area contributed by atoms with Crippen LogP contribution < -0.4 is 5.73 Å². The van der Waals surface area contributed by atoms with Crippen molar-refractivity contribution in [3.63, 3.8) is 0 Å². The van der Waals surface area contributed by atoms with Crippen molar-refractivity contribution in [3.8, 4) is 0 Å². The van der Waals surface area contributed by atoms with Crippen molar-refractivity contribution in [2.45, 2.75) is 6.92 Å². The number of hydrogen-bond acceptors (Lipinski definition) is 5. The minimum atomic E-state index is -0.0623. The van der Waals surface area contributed by atoms with Crippen molar-refractivity contribution in [2.75, 3.05) is 19.6 Å². The molecule has 1 saturated heterocycles. The average Bonchev–Trinajstić information content (AvgIpc) is 3.02. The van der Waals surface area contributed by atoms with Crippen molar-refractivity contribution in [1.29, 1.82) is 0 Å². The molecule has 0 aromatic carbocycles. The second-order valence-electron chi connectivity index (χ2n) is 5.06. The number of carbonyl (C=O) groups is 1. The number of likely N-dealkylation sites (tertiary alicyclic amines) is 1. The summed E-state index contributed by atoms with van der Waals surface area (Å²) >= 11 is 0. The second kappa shape index (κ2) is 4.58. The first-order chi connectivity index (χ1) is 9.19. The maximum absolute atomic E-state index is 12.4. The summed E-state index contributed by atoms with van der Waals surface area (Å²) in [5.41, 5.74) is 7.31. The molecular formula is C12H16N6O. The molecule has 1 aliphatic heterocycles. The van der Waals surface area contributed by atoms with Gasteiger partial charge >= 0.3 is 0 Å². The molecule has 19 heavy (non-hydrogen) atoms. The van der Waals surface area contributed by atoms with Gasteiger partial charge in [0.2, 0.25) is 5.65 Å². The van der Waals surface area contributed by atoms with Gasteiger partial charge in [0.15, 0.2) is 0 Å². The van der Waals surface area contributed by atoms with Crippen LogP contribution in [0.4, 0.5) is 0 Å². The molecular weight excluding hydrogens is 244 g/mol. The highest BCUT2D eigenvalue weighted by atomic mass is 16.2. The molecule has 2 aromatic rings. The summed E-state index contributed by atoms with van der Waals surface area (Å²) < 4.78 is 0. The summed E-state index contributed by atoms with van der Waals surface area (Å²) in [4.78, 5) is 18.4. The van der Waals surface area contributed by atoms with Crippen LogP contribution in [0.15, 0.2) is 12.1 Å². The molecule has 7 heteroatoms. The van der Waals surface area contributed by atoms with Gasteiger partial charge in [0.05, 0.1) is 0 Å². The molecule has 0 saturated carbocycles. The minimum absolute atomic E-state index is 0.0623. The Morgan fingerprint density at radius 3 is 3.11 bits per heavy atom. The number of fused-ring (bicyclic) bond motifs is 1. The van der Waals surface area contributed by atoms with E-state index in [9.17, 15) is 4.79 Å². The minimum Gasteiger partial charge on any atom is -0.337 e. The normalized spacial score (nSPS) is 23.2. The fourth-order valence-electron chi connectivity index (χ4n) is 2.53. The van der Waals surface area contributed by atoms with Crippen LogP contribution in [0.5, 0.6) is 0 Å². The van der Waals surface area contributed by atoms with Crippen molar-refractivity contribution in [1.82, 2.24) is 25.3 Å². The van der Waals surface area contributed by atoms with Crippen LogP contribution in [-0.4, -0.2) is 50.8 Å². The Balaban J connectivity index is 1.83. The summed E-state index contributed by atoms with van der Waals surface area (Å²) in [5.74, 6) is 0.747. The van der Waals surface area contributed by atoms with Gasteiger partial charge in [-0.1, -0.05) is 12.1 Å². The summed E-state index contributed by atoms with van der Waals surface area (Å²) in [6.45, 7) is 4.17. The van der Waals surface area contributed by atoms with E-state index in [2.05, 4.69) is 27.3 Å². The van der Waals surface area contributed by atoms with Crippen LogP contribution in [0.3, 0.4) is 0 Å². The first-order valence-electron chi connectivity index (χ1n) is 6.36. The Labute approximate surface area is 110 Å². The molecule has 3 rings (SSSR count). The standard InChI is InChI=1S/C12H16N6O/c1-7-5-18(6-8(7)4-13)12(19)10-3-2-9-11(14-10)16-17-15-9/h2-3,7-8H,4-6,13H2,1H3,(H,14,15,16,17). The first-order valence-corrected chi connectivity index (χ1v) is 6.36. The van der Waals surface area contributed by atoms with E-state index in [0.29, 0.717) is 36.3 Å². The van der Waals surface area contributed by atoms with E-state index >= 15 is 0 Å². The number of nitrogens with one attached hydrogen (secondary N) is 1. The fourth-order valence-corrected chi connectivity index (χ4v) is 2.53. The molecule has 3 heterocycles. The number of aromatic nitrogens is 4. The number of amides is 1. The number of nitrogens with two attached hydrogens (primary N) is 1. The zero-order valence-corrected chi connectivity index (χ0v) is 10.7. The van der Waals surface area contributed by atoms with Gasteiger partial charge in [-0.15, -0.1) is 5.10 Å². The summed E-state index contributed by atoms with van der Waals surface area (Å²) in [5, 5.41) is 10.2. The number of H-pyrrole nitrogens is 1. The van der Waals surface area contributed by atoms with Gasteiger partial charge in [0.25, 0.3) is 5.91 Å². The lowest BCUT2D eigenvalue weighted by atomic mass is 9.99. The summed E-state index contributed by atoms with van der Waals surface area (Å²) in [6.07, 6.45) is 0. The molecule has 1 amide bonds. The molecule has 2 atom stereocenters. The summed E-state index contributed by atoms with van der Waals surface area (Å²) in [6, 6.07) is 3.47. The van der Waals surface area contributed by atoms with E-state index in [1.807, 2.05) is 4.90 Å². The van der Waals surface area contributed by atoms with Crippen LogP contribution in [0.25, 0.3) is 11.2 Å². The van der Waals surface area contributed by atoms with Crippen molar-refractivity contribution >= 4 is 17.1 Å². The Bertz CT molecular complexity index is 609. The van der Waals surface area contributed by atoms with Crippen molar-refractivity contribution < 1.29 is 4.79 Å². The lowest BCUT2D eigenvalue weighted by Gasteiger charge is -2.15. The molecule has 3 N–H and O–H groups in total. The van der Waals surface area contributed by atoms with Crippen LogP contribution in [0.1, 0.15) is 17.4 Å². The third-order valence-electron chi connectivity index (χ3n) is 3.77. The largest absolute Gasteiger partial charge is 0.337 e. The lowest BCUT2D eigenvalue weighted by Crippen LogP contribution is -2.30.